The first-order valence-corrected chi connectivity index (χ1v) is 7.66. The number of para-hydroxylation sites is 2. The molecule has 0 fully saturated rings. The van der Waals surface area contributed by atoms with Crippen LogP contribution in [0.15, 0.2) is 24.3 Å². The van der Waals surface area contributed by atoms with Crippen LogP contribution in [0.3, 0.4) is 0 Å². The van der Waals surface area contributed by atoms with Gasteiger partial charge in [0.2, 0.25) is 0 Å². The number of nitrogens with one attached hydrogen (secondary N) is 1. The van der Waals surface area contributed by atoms with Crippen LogP contribution in [0.2, 0.25) is 0 Å². The first-order chi connectivity index (χ1) is 9.51. The number of hydrogen-bond donors (Lipinski definition) is 1. The van der Waals surface area contributed by atoms with Crippen LogP contribution in [-0.2, 0) is 13.1 Å². The molecule has 0 unspecified atom stereocenters. The van der Waals surface area contributed by atoms with Gasteiger partial charge in [0.25, 0.3) is 0 Å². The zero-order valence-corrected chi connectivity index (χ0v) is 13.2. The first-order valence-electron chi connectivity index (χ1n) is 7.66. The predicted octanol–water partition coefficient (Wildman–Crippen LogP) is 3.97. The maximum absolute atomic E-state index is 4.77. The smallest absolute Gasteiger partial charge is 0.123 e. The molecule has 0 aliphatic carbocycles. The second-order valence-corrected chi connectivity index (χ2v) is 6.66. The SMILES string of the molecule is CCCn1c(CNCCC(C)(C)C)nc2ccccc21. The van der Waals surface area contributed by atoms with Crippen molar-refractivity contribution in [2.24, 2.45) is 5.41 Å². The average molecular weight is 273 g/mol. The summed E-state index contributed by atoms with van der Waals surface area (Å²) < 4.78 is 2.35. The lowest BCUT2D eigenvalue weighted by Crippen LogP contribution is -2.22. The van der Waals surface area contributed by atoms with Crippen LogP contribution in [0.5, 0.6) is 0 Å². The van der Waals surface area contributed by atoms with E-state index in [9.17, 15) is 0 Å². The van der Waals surface area contributed by atoms with Crippen molar-refractivity contribution in [2.75, 3.05) is 6.54 Å². The van der Waals surface area contributed by atoms with Crippen LogP contribution >= 0.6 is 0 Å². The number of aryl methyl sites for hydroxylation is 1. The number of nitrogens with zero attached hydrogens (tertiary/aromatic N) is 2. The van der Waals surface area contributed by atoms with Crippen molar-refractivity contribution in [3.8, 4) is 0 Å². The van der Waals surface area contributed by atoms with Gasteiger partial charge in [-0.15, -0.1) is 0 Å². The van der Waals surface area contributed by atoms with Gasteiger partial charge in [-0.05, 0) is 36.9 Å². The molecular formula is C17H27N3. The average Bonchev–Trinajstić information content (AvgIpc) is 2.73. The molecule has 1 aromatic carbocycles. The van der Waals surface area contributed by atoms with E-state index in [-0.39, 0.29) is 0 Å². The van der Waals surface area contributed by atoms with Gasteiger partial charge in [0, 0.05) is 6.54 Å². The summed E-state index contributed by atoms with van der Waals surface area (Å²) in [4.78, 5) is 4.77. The maximum Gasteiger partial charge on any atom is 0.123 e. The molecule has 0 aliphatic heterocycles. The zero-order valence-electron chi connectivity index (χ0n) is 13.2. The van der Waals surface area contributed by atoms with E-state index in [1.165, 1.54) is 11.9 Å². The summed E-state index contributed by atoms with van der Waals surface area (Å²) in [6.45, 7) is 12.0. The predicted molar refractivity (Wildman–Crippen MR) is 85.8 cm³/mol. The van der Waals surface area contributed by atoms with Crippen molar-refractivity contribution in [1.82, 2.24) is 14.9 Å². The Hall–Kier alpha value is -1.35. The molecule has 0 radical (unpaired) electrons. The van der Waals surface area contributed by atoms with Gasteiger partial charge in [0.05, 0.1) is 17.6 Å². The molecule has 1 aromatic heterocycles. The Morgan fingerprint density at radius 1 is 1.20 bits per heavy atom. The van der Waals surface area contributed by atoms with Crippen LogP contribution in [0, 0.1) is 5.41 Å². The van der Waals surface area contributed by atoms with Crippen molar-refractivity contribution in [2.45, 2.75) is 53.6 Å². The molecule has 110 valence electrons. The number of rotatable bonds is 6. The number of aromatic nitrogens is 2. The summed E-state index contributed by atoms with van der Waals surface area (Å²) in [6.07, 6.45) is 2.32. The minimum absolute atomic E-state index is 0.385. The van der Waals surface area contributed by atoms with Gasteiger partial charge in [-0.25, -0.2) is 4.98 Å². The molecule has 3 nitrogen and oxygen atoms in total. The van der Waals surface area contributed by atoms with Crippen LogP contribution in [0.25, 0.3) is 11.0 Å². The number of benzene rings is 1. The highest BCUT2D eigenvalue weighted by atomic mass is 15.1. The van der Waals surface area contributed by atoms with Gasteiger partial charge in [-0.3, -0.25) is 0 Å². The Morgan fingerprint density at radius 3 is 2.65 bits per heavy atom. The van der Waals surface area contributed by atoms with Crippen molar-refractivity contribution in [3.05, 3.63) is 30.1 Å². The van der Waals surface area contributed by atoms with E-state index in [4.69, 9.17) is 4.98 Å². The minimum Gasteiger partial charge on any atom is -0.327 e. The van der Waals surface area contributed by atoms with Crippen molar-refractivity contribution in [1.29, 1.82) is 0 Å². The molecule has 0 saturated carbocycles. The molecule has 0 bridgehead atoms. The van der Waals surface area contributed by atoms with E-state index in [2.05, 4.69) is 61.8 Å². The fourth-order valence-corrected chi connectivity index (χ4v) is 2.40. The molecule has 2 rings (SSSR count). The van der Waals surface area contributed by atoms with E-state index >= 15 is 0 Å². The molecule has 2 aromatic rings. The molecular weight excluding hydrogens is 246 g/mol. The highest BCUT2D eigenvalue weighted by molar-refractivity contribution is 5.75. The Labute approximate surface area is 122 Å². The molecule has 0 spiro atoms. The number of hydrogen-bond acceptors (Lipinski definition) is 2. The third kappa shape index (κ3) is 3.83. The summed E-state index contributed by atoms with van der Waals surface area (Å²) in [5.74, 6) is 1.15. The standard InChI is InChI=1S/C17H27N3/c1-5-12-20-15-9-7-6-8-14(15)19-16(20)13-18-11-10-17(2,3)4/h6-9,18H,5,10-13H2,1-4H3. The number of imidazole rings is 1. The Kier molecular flexibility index (Phi) is 4.81. The van der Waals surface area contributed by atoms with Crippen LogP contribution in [-0.4, -0.2) is 16.1 Å². The minimum atomic E-state index is 0.385. The van der Waals surface area contributed by atoms with E-state index < -0.39 is 0 Å². The Bertz CT molecular complexity index is 549. The quantitative estimate of drug-likeness (QED) is 0.807. The van der Waals surface area contributed by atoms with Crippen LogP contribution < -0.4 is 5.32 Å². The van der Waals surface area contributed by atoms with Gasteiger partial charge in [-0.2, -0.15) is 0 Å². The molecule has 0 amide bonds. The van der Waals surface area contributed by atoms with Gasteiger partial charge in [-0.1, -0.05) is 39.8 Å². The third-order valence-corrected chi connectivity index (χ3v) is 3.52. The summed E-state index contributed by atoms with van der Waals surface area (Å²) in [5, 5.41) is 3.53. The lowest BCUT2D eigenvalue weighted by molar-refractivity contribution is 0.365. The van der Waals surface area contributed by atoms with Crippen molar-refractivity contribution >= 4 is 11.0 Å². The summed E-state index contributed by atoms with van der Waals surface area (Å²) in [5.41, 5.74) is 2.74. The summed E-state index contributed by atoms with van der Waals surface area (Å²) >= 11 is 0. The normalized spacial score (nSPS) is 12.2. The Morgan fingerprint density at radius 2 is 1.95 bits per heavy atom. The van der Waals surface area contributed by atoms with Gasteiger partial charge >= 0.3 is 0 Å². The lowest BCUT2D eigenvalue weighted by atomic mass is 9.92. The largest absolute Gasteiger partial charge is 0.327 e. The fraction of sp³-hybridized carbons (Fsp3) is 0.588. The molecule has 0 aliphatic rings. The van der Waals surface area contributed by atoms with Crippen molar-refractivity contribution < 1.29 is 0 Å². The van der Waals surface area contributed by atoms with E-state index in [0.29, 0.717) is 5.41 Å². The molecule has 1 N–H and O–H groups in total. The highest BCUT2D eigenvalue weighted by Crippen LogP contribution is 2.18. The molecule has 0 saturated heterocycles. The topological polar surface area (TPSA) is 29.9 Å². The Balaban J connectivity index is 2.07. The monoisotopic (exact) mass is 273 g/mol. The number of fused-ring (bicyclic) bond motifs is 1. The van der Waals surface area contributed by atoms with Gasteiger partial charge in [0.15, 0.2) is 0 Å². The molecule has 1 heterocycles. The lowest BCUT2D eigenvalue weighted by Gasteiger charge is -2.18. The van der Waals surface area contributed by atoms with E-state index in [0.717, 1.165) is 37.4 Å². The second kappa shape index (κ2) is 6.40. The first kappa shape index (κ1) is 15.0. The fourth-order valence-electron chi connectivity index (χ4n) is 2.40. The zero-order chi connectivity index (χ0) is 14.6. The van der Waals surface area contributed by atoms with Crippen LogP contribution in [0.1, 0.15) is 46.4 Å². The van der Waals surface area contributed by atoms with Crippen LogP contribution in [0.4, 0.5) is 0 Å². The van der Waals surface area contributed by atoms with Gasteiger partial charge < -0.3 is 9.88 Å². The molecule has 0 atom stereocenters. The highest BCUT2D eigenvalue weighted by Gasteiger charge is 2.11. The van der Waals surface area contributed by atoms with Crippen molar-refractivity contribution in [3.63, 3.8) is 0 Å². The van der Waals surface area contributed by atoms with E-state index in [1.807, 2.05) is 0 Å². The maximum atomic E-state index is 4.77. The summed E-state index contributed by atoms with van der Waals surface area (Å²) in [7, 11) is 0. The second-order valence-electron chi connectivity index (χ2n) is 6.66. The molecule has 3 heteroatoms. The third-order valence-electron chi connectivity index (χ3n) is 3.52. The van der Waals surface area contributed by atoms with Gasteiger partial charge in [0.1, 0.15) is 5.82 Å². The van der Waals surface area contributed by atoms with E-state index in [1.54, 1.807) is 0 Å². The molecule has 20 heavy (non-hydrogen) atoms. The summed E-state index contributed by atoms with van der Waals surface area (Å²) in [6, 6.07) is 8.41.